The van der Waals surface area contributed by atoms with E-state index in [1.165, 1.54) is 4.68 Å². The molecule has 0 aliphatic heterocycles. The Labute approximate surface area is 84.3 Å². The number of rotatable bonds is 2. The Balaban J connectivity index is 2.52. The zero-order chi connectivity index (χ0) is 10.8. The summed E-state index contributed by atoms with van der Waals surface area (Å²) >= 11 is 0. The van der Waals surface area contributed by atoms with Crippen LogP contribution in [0.5, 0.6) is 0 Å². The Morgan fingerprint density at radius 2 is 2.27 bits per heavy atom. The summed E-state index contributed by atoms with van der Waals surface area (Å²) in [6.07, 6.45) is 2.66. The second-order valence-electron chi connectivity index (χ2n) is 2.77. The second-order valence-corrected chi connectivity index (χ2v) is 2.77. The number of nitrogen functional groups attached to an aromatic ring is 1. The third-order valence-corrected chi connectivity index (χ3v) is 1.85. The minimum absolute atomic E-state index is 0.0290. The van der Waals surface area contributed by atoms with Gasteiger partial charge in [-0.25, -0.2) is 4.98 Å². The van der Waals surface area contributed by atoms with Crippen LogP contribution in [0.25, 0.3) is 5.82 Å². The van der Waals surface area contributed by atoms with E-state index in [9.17, 15) is 10.1 Å². The number of nitrogens with zero attached hydrogens (tertiary/aromatic N) is 4. The molecule has 0 saturated heterocycles. The van der Waals surface area contributed by atoms with E-state index in [0.717, 1.165) is 6.20 Å². The van der Waals surface area contributed by atoms with Crippen molar-refractivity contribution in [2.24, 2.45) is 0 Å². The van der Waals surface area contributed by atoms with E-state index in [-0.39, 0.29) is 11.5 Å². The van der Waals surface area contributed by atoms with E-state index < -0.39 is 4.92 Å². The van der Waals surface area contributed by atoms with Crippen molar-refractivity contribution in [2.45, 2.75) is 0 Å². The van der Waals surface area contributed by atoms with Crippen molar-refractivity contribution >= 4 is 11.5 Å². The number of aromatic nitrogens is 3. The number of nitro groups is 1. The summed E-state index contributed by atoms with van der Waals surface area (Å²) in [6, 6.07) is 5.14. The highest BCUT2D eigenvalue weighted by atomic mass is 16.6. The first kappa shape index (κ1) is 9.13. The van der Waals surface area contributed by atoms with Crippen molar-refractivity contribution in [1.29, 1.82) is 0 Å². The molecule has 0 saturated carbocycles. The van der Waals surface area contributed by atoms with Crippen molar-refractivity contribution in [3.8, 4) is 5.82 Å². The first-order chi connectivity index (χ1) is 7.20. The third kappa shape index (κ3) is 1.50. The van der Waals surface area contributed by atoms with Gasteiger partial charge in [-0.3, -0.25) is 10.1 Å². The van der Waals surface area contributed by atoms with Crippen LogP contribution in [0.3, 0.4) is 0 Å². The van der Waals surface area contributed by atoms with Crippen molar-refractivity contribution in [3.05, 3.63) is 40.7 Å². The Kier molecular flexibility index (Phi) is 2.05. The van der Waals surface area contributed by atoms with Crippen LogP contribution >= 0.6 is 0 Å². The fraction of sp³-hybridized carbons (Fsp3) is 0. The summed E-state index contributed by atoms with van der Waals surface area (Å²) in [5, 5.41) is 14.3. The number of anilines is 1. The standard InChI is InChI=1S/C8H7N5O2/c9-8-6(13(14)15)5-11-12(8)7-3-1-2-4-10-7/h1-5H,9H2. The molecule has 0 bridgehead atoms. The molecule has 2 heterocycles. The quantitative estimate of drug-likeness (QED) is 0.576. The number of nitrogens with two attached hydrogens (primary N) is 1. The van der Waals surface area contributed by atoms with Gasteiger partial charge in [-0.15, -0.1) is 0 Å². The fourth-order valence-corrected chi connectivity index (χ4v) is 1.15. The minimum atomic E-state index is -0.582. The van der Waals surface area contributed by atoms with Crippen LogP contribution in [-0.4, -0.2) is 19.7 Å². The molecule has 0 amide bonds. The minimum Gasteiger partial charge on any atom is -0.378 e. The lowest BCUT2D eigenvalue weighted by Crippen LogP contribution is -2.04. The zero-order valence-electron chi connectivity index (χ0n) is 7.57. The predicted molar refractivity (Wildman–Crippen MR) is 52.4 cm³/mol. The van der Waals surface area contributed by atoms with Gasteiger partial charge in [0.15, 0.2) is 5.82 Å². The Hall–Kier alpha value is -2.44. The number of hydrogen-bond acceptors (Lipinski definition) is 5. The highest BCUT2D eigenvalue weighted by Crippen LogP contribution is 2.21. The lowest BCUT2D eigenvalue weighted by Gasteiger charge is -2.00. The van der Waals surface area contributed by atoms with Crippen LogP contribution in [0.15, 0.2) is 30.6 Å². The molecule has 0 radical (unpaired) electrons. The van der Waals surface area contributed by atoms with Crippen molar-refractivity contribution in [3.63, 3.8) is 0 Å². The van der Waals surface area contributed by atoms with Gasteiger partial charge in [-0.2, -0.15) is 9.78 Å². The largest absolute Gasteiger partial charge is 0.378 e. The average Bonchev–Trinajstić information content (AvgIpc) is 2.61. The second kappa shape index (κ2) is 3.37. The number of pyridine rings is 1. The van der Waals surface area contributed by atoms with Crippen molar-refractivity contribution in [1.82, 2.24) is 14.8 Å². The number of hydrogen-bond donors (Lipinski definition) is 1. The molecule has 2 aromatic heterocycles. The van der Waals surface area contributed by atoms with E-state index in [0.29, 0.717) is 5.82 Å². The molecule has 15 heavy (non-hydrogen) atoms. The normalized spacial score (nSPS) is 10.1. The molecule has 2 rings (SSSR count). The zero-order valence-corrected chi connectivity index (χ0v) is 7.57. The van der Waals surface area contributed by atoms with Crippen LogP contribution in [0.4, 0.5) is 11.5 Å². The van der Waals surface area contributed by atoms with Gasteiger partial charge in [0, 0.05) is 6.20 Å². The van der Waals surface area contributed by atoms with Crippen molar-refractivity contribution < 1.29 is 4.92 Å². The van der Waals surface area contributed by atoms with Crippen LogP contribution in [0, 0.1) is 10.1 Å². The molecule has 0 fully saturated rings. The highest BCUT2D eigenvalue weighted by molar-refractivity contribution is 5.54. The molecule has 7 heteroatoms. The Bertz CT molecular complexity index is 493. The molecule has 0 aliphatic rings. The molecule has 2 aromatic rings. The summed E-state index contributed by atoms with van der Waals surface area (Å²) in [5.41, 5.74) is 5.33. The lowest BCUT2D eigenvalue weighted by molar-refractivity contribution is -0.383. The van der Waals surface area contributed by atoms with E-state index in [4.69, 9.17) is 5.73 Å². The van der Waals surface area contributed by atoms with Gasteiger partial charge in [-0.1, -0.05) is 6.07 Å². The van der Waals surface area contributed by atoms with Crippen molar-refractivity contribution in [2.75, 3.05) is 5.73 Å². The molecule has 0 spiro atoms. The van der Waals surface area contributed by atoms with Crippen LogP contribution < -0.4 is 5.73 Å². The van der Waals surface area contributed by atoms with E-state index in [2.05, 4.69) is 10.1 Å². The summed E-state index contributed by atoms with van der Waals surface area (Å²) in [5.74, 6) is 0.418. The molecule has 0 unspecified atom stereocenters. The SMILES string of the molecule is Nc1c([N+](=O)[O-])cnn1-c1ccccn1. The van der Waals surface area contributed by atoms with Gasteiger partial charge in [0.25, 0.3) is 0 Å². The monoisotopic (exact) mass is 205 g/mol. The van der Waals surface area contributed by atoms with Gasteiger partial charge >= 0.3 is 5.69 Å². The van der Waals surface area contributed by atoms with Gasteiger partial charge < -0.3 is 5.73 Å². The first-order valence-corrected chi connectivity index (χ1v) is 4.09. The molecule has 0 atom stereocenters. The van der Waals surface area contributed by atoms with Gasteiger partial charge in [0.05, 0.1) is 4.92 Å². The topological polar surface area (TPSA) is 99.9 Å². The molecule has 76 valence electrons. The Morgan fingerprint density at radius 1 is 1.47 bits per heavy atom. The van der Waals surface area contributed by atoms with Gasteiger partial charge in [0.2, 0.25) is 5.82 Å². The summed E-state index contributed by atoms with van der Waals surface area (Å²) in [4.78, 5) is 13.9. The van der Waals surface area contributed by atoms with Crippen LogP contribution in [-0.2, 0) is 0 Å². The van der Waals surface area contributed by atoms with Crippen LogP contribution in [0.1, 0.15) is 0 Å². The first-order valence-electron chi connectivity index (χ1n) is 4.09. The lowest BCUT2D eigenvalue weighted by atomic mass is 10.4. The van der Waals surface area contributed by atoms with Gasteiger partial charge in [0.1, 0.15) is 6.20 Å². The van der Waals surface area contributed by atoms with E-state index in [1.807, 2.05) is 0 Å². The molecule has 2 N–H and O–H groups in total. The smallest absolute Gasteiger partial charge is 0.331 e. The maximum Gasteiger partial charge on any atom is 0.331 e. The van der Waals surface area contributed by atoms with Crippen LogP contribution in [0.2, 0.25) is 0 Å². The van der Waals surface area contributed by atoms with E-state index in [1.54, 1.807) is 24.4 Å². The highest BCUT2D eigenvalue weighted by Gasteiger charge is 2.18. The molecular weight excluding hydrogens is 198 g/mol. The van der Waals surface area contributed by atoms with Gasteiger partial charge in [-0.05, 0) is 12.1 Å². The predicted octanol–water partition coefficient (Wildman–Crippen LogP) is 0.758. The fourth-order valence-electron chi connectivity index (χ4n) is 1.15. The summed E-state index contributed by atoms with van der Waals surface area (Å²) in [7, 11) is 0. The molecule has 0 aromatic carbocycles. The summed E-state index contributed by atoms with van der Waals surface area (Å²) in [6.45, 7) is 0. The molecule has 0 aliphatic carbocycles. The molecular formula is C8H7N5O2. The van der Waals surface area contributed by atoms with E-state index >= 15 is 0 Å². The maximum atomic E-state index is 10.5. The third-order valence-electron chi connectivity index (χ3n) is 1.85. The average molecular weight is 205 g/mol. The summed E-state index contributed by atoms with van der Waals surface area (Å²) < 4.78 is 1.22. The molecule has 7 nitrogen and oxygen atoms in total. The Morgan fingerprint density at radius 3 is 2.80 bits per heavy atom. The maximum absolute atomic E-state index is 10.5.